The van der Waals surface area contributed by atoms with E-state index >= 15 is 0 Å². The highest BCUT2D eigenvalue weighted by atomic mass is 16.6. The number of urea groups is 1. The first-order chi connectivity index (χ1) is 9.54. The molecule has 2 aliphatic heterocycles. The predicted molar refractivity (Wildman–Crippen MR) is 67.7 cm³/mol. The standard InChI is InChI=1S/C12H22N2O6/c15-6-7-8(16)9(17)10(18)11(20-7)13-12(19)14-4-2-1-3-5-14/h7-11,15-18H,1-6H2,(H,13,19)/t7-,8-,9+,10-,11-/m1/s1. The minimum absolute atomic E-state index is 0.381. The molecule has 2 aliphatic rings. The number of piperidine rings is 1. The van der Waals surface area contributed by atoms with Crippen molar-refractivity contribution in [1.82, 2.24) is 10.2 Å². The van der Waals surface area contributed by atoms with E-state index in [0.29, 0.717) is 13.1 Å². The smallest absolute Gasteiger partial charge is 0.319 e. The van der Waals surface area contributed by atoms with Gasteiger partial charge in [0.15, 0.2) is 6.23 Å². The maximum Gasteiger partial charge on any atom is 0.319 e. The van der Waals surface area contributed by atoms with Crippen molar-refractivity contribution in [2.24, 2.45) is 0 Å². The van der Waals surface area contributed by atoms with Crippen molar-refractivity contribution in [3.63, 3.8) is 0 Å². The van der Waals surface area contributed by atoms with Gasteiger partial charge in [0.05, 0.1) is 6.61 Å². The Kier molecular flexibility index (Phi) is 5.17. The molecular weight excluding hydrogens is 268 g/mol. The first-order valence-electron chi connectivity index (χ1n) is 6.90. The summed E-state index contributed by atoms with van der Waals surface area (Å²) in [5.74, 6) is 0. The number of ether oxygens (including phenoxy) is 1. The topological polar surface area (TPSA) is 122 Å². The van der Waals surface area contributed by atoms with Crippen LogP contribution in [0.15, 0.2) is 0 Å². The fourth-order valence-corrected chi connectivity index (χ4v) is 2.53. The number of hydrogen-bond donors (Lipinski definition) is 5. The molecule has 2 heterocycles. The van der Waals surface area contributed by atoms with Crippen molar-refractivity contribution in [2.45, 2.75) is 49.9 Å². The molecule has 8 heteroatoms. The van der Waals surface area contributed by atoms with Gasteiger partial charge in [0, 0.05) is 13.1 Å². The first kappa shape index (κ1) is 15.5. The first-order valence-corrected chi connectivity index (χ1v) is 6.90. The molecule has 0 aliphatic carbocycles. The monoisotopic (exact) mass is 290 g/mol. The Hall–Kier alpha value is -0.930. The second-order valence-corrected chi connectivity index (χ2v) is 5.25. The van der Waals surface area contributed by atoms with Crippen LogP contribution in [0.2, 0.25) is 0 Å². The van der Waals surface area contributed by atoms with E-state index in [0.717, 1.165) is 19.3 Å². The molecule has 0 bridgehead atoms. The lowest BCUT2D eigenvalue weighted by atomic mass is 9.98. The number of aliphatic hydroxyl groups is 4. The molecule has 20 heavy (non-hydrogen) atoms. The van der Waals surface area contributed by atoms with Gasteiger partial charge in [0.2, 0.25) is 0 Å². The fourth-order valence-electron chi connectivity index (χ4n) is 2.53. The summed E-state index contributed by atoms with van der Waals surface area (Å²) < 4.78 is 5.22. The van der Waals surface area contributed by atoms with E-state index in [1.54, 1.807) is 4.90 Å². The Bertz CT molecular complexity index is 334. The summed E-state index contributed by atoms with van der Waals surface area (Å²) in [4.78, 5) is 13.6. The summed E-state index contributed by atoms with van der Waals surface area (Å²) in [6.07, 6.45) is -3.55. The van der Waals surface area contributed by atoms with Crippen molar-refractivity contribution in [3.05, 3.63) is 0 Å². The van der Waals surface area contributed by atoms with Gasteiger partial charge < -0.3 is 35.4 Å². The van der Waals surface area contributed by atoms with Crippen molar-refractivity contribution in [2.75, 3.05) is 19.7 Å². The summed E-state index contributed by atoms with van der Waals surface area (Å²) in [6.45, 7) is 0.771. The lowest BCUT2D eigenvalue weighted by Crippen LogP contribution is -2.64. The lowest BCUT2D eigenvalue weighted by molar-refractivity contribution is -0.233. The number of nitrogens with one attached hydrogen (secondary N) is 1. The van der Waals surface area contributed by atoms with Crippen LogP contribution in [0.25, 0.3) is 0 Å². The highest BCUT2D eigenvalue weighted by Gasteiger charge is 2.44. The minimum Gasteiger partial charge on any atom is -0.394 e. The Labute approximate surface area is 117 Å². The van der Waals surface area contributed by atoms with Crippen LogP contribution >= 0.6 is 0 Å². The number of hydrogen-bond acceptors (Lipinski definition) is 6. The molecule has 8 nitrogen and oxygen atoms in total. The second kappa shape index (κ2) is 6.68. The van der Waals surface area contributed by atoms with Gasteiger partial charge in [0.1, 0.15) is 24.4 Å². The molecule has 0 aromatic carbocycles. The molecule has 5 N–H and O–H groups in total. The molecule has 0 aromatic rings. The van der Waals surface area contributed by atoms with E-state index in [-0.39, 0.29) is 6.03 Å². The third-order valence-electron chi connectivity index (χ3n) is 3.80. The van der Waals surface area contributed by atoms with E-state index < -0.39 is 37.3 Å². The van der Waals surface area contributed by atoms with Crippen molar-refractivity contribution in [3.8, 4) is 0 Å². The summed E-state index contributed by atoms with van der Waals surface area (Å²) in [5, 5.41) is 40.6. The van der Waals surface area contributed by atoms with Gasteiger partial charge in [-0.3, -0.25) is 0 Å². The molecular formula is C12H22N2O6. The molecule has 0 radical (unpaired) electrons. The van der Waals surface area contributed by atoms with Gasteiger partial charge in [-0.1, -0.05) is 0 Å². The molecule has 0 unspecified atom stereocenters. The van der Waals surface area contributed by atoms with Gasteiger partial charge in [0.25, 0.3) is 0 Å². The maximum absolute atomic E-state index is 12.0. The molecule has 5 atom stereocenters. The van der Waals surface area contributed by atoms with Crippen LogP contribution in [-0.2, 0) is 4.74 Å². The number of nitrogens with zero attached hydrogens (tertiary/aromatic N) is 1. The van der Waals surface area contributed by atoms with E-state index in [1.807, 2.05) is 0 Å². The Morgan fingerprint density at radius 2 is 1.75 bits per heavy atom. The molecule has 0 spiro atoms. The van der Waals surface area contributed by atoms with Crippen molar-refractivity contribution in [1.29, 1.82) is 0 Å². The van der Waals surface area contributed by atoms with E-state index in [1.165, 1.54) is 0 Å². The molecule has 116 valence electrons. The summed E-state index contributed by atoms with van der Waals surface area (Å²) in [5.41, 5.74) is 0. The Morgan fingerprint density at radius 3 is 2.35 bits per heavy atom. The number of amides is 2. The van der Waals surface area contributed by atoms with E-state index in [2.05, 4.69) is 5.32 Å². The van der Waals surface area contributed by atoms with Crippen LogP contribution in [0.3, 0.4) is 0 Å². The number of rotatable bonds is 2. The Morgan fingerprint density at radius 1 is 1.10 bits per heavy atom. The van der Waals surface area contributed by atoms with Crippen molar-refractivity contribution < 1.29 is 30.0 Å². The zero-order valence-corrected chi connectivity index (χ0v) is 11.2. The average molecular weight is 290 g/mol. The van der Waals surface area contributed by atoms with Crippen LogP contribution in [-0.4, -0.2) is 81.7 Å². The molecule has 0 saturated carbocycles. The van der Waals surface area contributed by atoms with Gasteiger partial charge in [-0.05, 0) is 19.3 Å². The molecule has 2 amide bonds. The number of aliphatic hydroxyl groups excluding tert-OH is 4. The van der Waals surface area contributed by atoms with Crippen LogP contribution in [0.1, 0.15) is 19.3 Å². The zero-order valence-electron chi connectivity index (χ0n) is 11.2. The van der Waals surface area contributed by atoms with Crippen molar-refractivity contribution >= 4 is 6.03 Å². The third kappa shape index (κ3) is 3.21. The van der Waals surface area contributed by atoms with Crippen LogP contribution in [0, 0.1) is 0 Å². The van der Waals surface area contributed by atoms with Crippen LogP contribution in [0.4, 0.5) is 4.79 Å². The quantitative estimate of drug-likeness (QED) is 0.400. The number of likely N-dealkylation sites (tertiary alicyclic amines) is 1. The normalized spacial score (nSPS) is 38.6. The maximum atomic E-state index is 12.0. The minimum atomic E-state index is -1.48. The summed E-state index contributed by atoms with van der Waals surface area (Å²) >= 11 is 0. The Balaban J connectivity index is 1.94. The van der Waals surface area contributed by atoms with Crippen LogP contribution in [0.5, 0.6) is 0 Å². The fraction of sp³-hybridized carbons (Fsp3) is 0.917. The number of carbonyl (C=O) groups is 1. The molecule has 2 saturated heterocycles. The molecule has 2 rings (SSSR count). The zero-order chi connectivity index (χ0) is 14.7. The highest BCUT2D eigenvalue weighted by Crippen LogP contribution is 2.20. The van der Waals surface area contributed by atoms with Gasteiger partial charge >= 0.3 is 6.03 Å². The third-order valence-corrected chi connectivity index (χ3v) is 3.80. The highest BCUT2D eigenvalue weighted by molar-refractivity contribution is 5.74. The van der Waals surface area contributed by atoms with Gasteiger partial charge in [-0.2, -0.15) is 0 Å². The average Bonchev–Trinajstić information content (AvgIpc) is 2.48. The van der Waals surface area contributed by atoms with E-state index in [4.69, 9.17) is 9.84 Å². The molecule has 0 aromatic heterocycles. The molecule has 2 fully saturated rings. The second-order valence-electron chi connectivity index (χ2n) is 5.25. The van der Waals surface area contributed by atoms with Gasteiger partial charge in [-0.15, -0.1) is 0 Å². The van der Waals surface area contributed by atoms with Gasteiger partial charge in [-0.25, -0.2) is 4.79 Å². The summed E-state index contributed by atoms with van der Waals surface area (Å²) in [6, 6.07) is -0.381. The van der Waals surface area contributed by atoms with E-state index in [9.17, 15) is 20.1 Å². The summed E-state index contributed by atoms with van der Waals surface area (Å²) in [7, 11) is 0. The number of carbonyl (C=O) groups excluding carboxylic acids is 1. The van der Waals surface area contributed by atoms with Crippen LogP contribution < -0.4 is 5.32 Å². The lowest BCUT2D eigenvalue weighted by Gasteiger charge is -2.41. The largest absolute Gasteiger partial charge is 0.394 e. The SMILES string of the molecule is O=C(N[C@@H]1O[C@H](CO)[C@@H](O)[C@H](O)[C@H]1O)N1CCCCC1. The predicted octanol–water partition coefficient (Wildman–Crippen LogP) is -2.02.